The molecule has 0 bridgehead atoms. The number of ether oxygens (including phenoxy) is 1. The first-order chi connectivity index (χ1) is 10.8. The first kappa shape index (κ1) is 15.2. The third-order valence-electron chi connectivity index (χ3n) is 4.06. The number of hydrogen-bond donors (Lipinski definition) is 1. The van der Waals surface area contributed by atoms with E-state index in [0.717, 1.165) is 0 Å². The van der Waals surface area contributed by atoms with Gasteiger partial charge in [0.1, 0.15) is 17.5 Å². The van der Waals surface area contributed by atoms with Gasteiger partial charge in [-0.2, -0.15) is 0 Å². The summed E-state index contributed by atoms with van der Waals surface area (Å²) in [7, 11) is 0. The zero-order valence-corrected chi connectivity index (χ0v) is 12.7. The molecule has 23 heavy (non-hydrogen) atoms. The number of aromatic nitrogens is 1. The van der Waals surface area contributed by atoms with Crippen LogP contribution >= 0.6 is 0 Å². The van der Waals surface area contributed by atoms with E-state index < -0.39 is 22.7 Å². The Labute approximate surface area is 131 Å². The van der Waals surface area contributed by atoms with Gasteiger partial charge in [-0.1, -0.05) is 6.07 Å². The summed E-state index contributed by atoms with van der Waals surface area (Å²) >= 11 is 0. The second kappa shape index (κ2) is 5.20. The summed E-state index contributed by atoms with van der Waals surface area (Å²) in [5.41, 5.74) is -0.942. The topological polar surface area (TPSA) is 94.6 Å². The van der Waals surface area contributed by atoms with Crippen LogP contribution in [0.2, 0.25) is 0 Å². The third kappa shape index (κ3) is 2.49. The van der Waals surface area contributed by atoms with Gasteiger partial charge in [0.05, 0.1) is 11.0 Å². The molecule has 1 aromatic carbocycles. The van der Waals surface area contributed by atoms with Gasteiger partial charge in [-0.05, 0) is 26.0 Å². The van der Waals surface area contributed by atoms with Crippen molar-refractivity contribution < 1.29 is 14.8 Å². The third-order valence-corrected chi connectivity index (χ3v) is 4.06. The number of nitrogens with zero attached hydrogens (tertiary/aromatic N) is 2. The lowest BCUT2D eigenvalue weighted by molar-refractivity contribution is -0.385. The van der Waals surface area contributed by atoms with Crippen molar-refractivity contribution in [1.82, 2.24) is 4.57 Å². The van der Waals surface area contributed by atoms with Crippen molar-refractivity contribution in [1.29, 1.82) is 0 Å². The van der Waals surface area contributed by atoms with Gasteiger partial charge in [-0.25, -0.2) is 0 Å². The molecule has 1 aliphatic rings. The van der Waals surface area contributed by atoms with Gasteiger partial charge in [0.25, 0.3) is 11.2 Å². The number of hydrogen-bond acceptors (Lipinski definition) is 5. The number of aliphatic hydroxyl groups is 1. The molecule has 7 heteroatoms. The number of aliphatic hydroxyl groups excluding tert-OH is 1. The predicted molar refractivity (Wildman–Crippen MR) is 82.7 cm³/mol. The van der Waals surface area contributed by atoms with Crippen molar-refractivity contribution in [3.8, 4) is 5.75 Å². The average Bonchev–Trinajstić information content (AvgIpc) is 2.49. The van der Waals surface area contributed by atoms with E-state index >= 15 is 0 Å². The summed E-state index contributed by atoms with van der Waals surface area (Å²) in [4.78, 5) is 22.7. The molecule has 3 rings (SSSR count). The molecular formula is C16H16N2O5. The fraction of sp³-hybridized carbons (Fsp3) is 0.312. The molecule has 0 spiro atoms. The second-order valence-electron chi connectivity index (χ2n) is 6.02. The summed E-state index contributed by atoms with van der Waals surface area (Å²) in [6, 6.07) is 8.09. The van der Waals surface area contributed by atoms with E-state index in [2.05, 4.69) is 0 Å². The molecule has 0 saturated carbocycles. The lowest BCUT2D eigenvalue weighted by Gasteiger charge is -2.42. The molecule has 0 fully saturated rings. The standard InChI is InChI=1S/C16H16N2O5/c1-16(2)15(20)14(17-8-4-3-5-13(17)19)11-9-10(18(21)22)6-7-12(11)23-16/h3-9,14-15,20H,1-2H3. The van der Waals surface area contributed by atoms with Gasteiger partial charge < -0.3 is 14.4 Å². The predicted octanol–water partition coefficient (Wildman–Crippen LogP) is 1.88. The van der Waals surface area contributed by atoms with Crippen molar-refractivity contribution in [2.24, 2.45) is 0 Å². The lowest BCUT2D eigenvalue weighted by atomic mass is 9.86. The second-order valence-corrected chi connectivity index (χ2v) is 6.02. The minimum absolute atomic E-state index is 0.117. The van der Waals surface area contributed by atoms with Crippen molar-refractivity contribution in [2.45, 2.75) is 31.6 Å². The van der Waals surface area contributed by atoms with Crippen LogP contribution in [0.1, 0.15) is 25.5 Å². The van der Waals surface area contributed by atoms with E-state index in [-0.39, 0.29) is 11.2 Å². The van der Waals surface area contributed by atoms with Crippen molar-refractivity contribution in [3.63, 3.8) is 0 Å². The van der Waals surface area contributed by atoms with Gasteiger partial charge in [0.15, 0.2) is 0 Å². The van der Waals surface area contributed by atoms with Crippen LogP contribution in [0.4, 0.5) is 5.69 Å². The Morgan fingerprint density at radius 2 is 2.04 bits per heavy atom. The molecule has 2 unspecified atom stereocenters. The Morgan fingerprint density at radius 1 is 1.30 bits per heavy atom. The molecule has 0 aliphatic carbocycles. The smallest absolute Gasteiger partial charge is 0.270 e. The quantitative estimate of drug-likeness (QED) is 0.674. The van der Waals surface area contributed by atoms with E-state index in [1.54, 1.807) is 32.2 Å². The molecule has 2 heterocycles. The van der Waals surface area contributed by atoms with E-state index in [1.807, 2.05) is 0 Å². The van der Waals surface area contributed by atoms with Crippen LogP contribution in [0.15, 0.2) is 47.4 Å². The highest BCUT2D eigenvalue weighted by Gasteiger charge is 2.44. The maximum absolute atomic E-state index is 12.2. The molecular weight excluding hydrogens is 300 g/mol. The zero-order valence-electron chi connectivity index (χ0n) is 12.7. The summed E-state index contributed by atoms with van der Waals surface area (Å²) < 4.78 is 7.14. The van der Waals surface area contributed by atoms with E-state index in [4.69, 9.17) is 4.74 Å². The average molecular weight is 316 g/mol. The largest absolute Gasteiger partial charge is 0.485 e. The maximum Gasteiger partial charge on any atom is 0.270 e. The van der Waals surface area contributed by atoms with Crippen LogP contribution in [0.25, 0.3) is 0 Å². The van der Waals surface area contributed by atoms with Gasteiger partial charge >= 0.3 is 0 Å². The molecule has 120 valence electrons. The molecule has 0 saturated heterocycles. The van der Waals surface area contributed by atoms with Crippen LogP contribution in [-0.2, 0) is 0 Å². The van der Waals surface area contributed by atoms with Crippen LogP contribution in [-0.4, -0.2) is 26.3 Å². The molecule has 1 N–H and O–H groups in total. The Kier molecular flexibility index (Phi) is 3.45. The van der Waals surface area contributed by atoms with Crippen molar-refractivity contribution in [3.05, 3.63) is 68.6 Å². The Morgan fingerprint density at radius 3 is 2.70 bits per heavy atom. The normalized spacial score (nSPS) is 22.0. The Hall–Kier alpha value is -2.67. The SMILES string of the molecule is CC1(C)Oc2ccc([N+](=O)[O-])cc2C(n2ccccc2=O)C1O. The fourth-order valence-corrected chi connectivity index (χ4v) is 2.84. The first-order valence-corrected chi connectivity index (χ1v) is 7.14. The highest BCUT2D eigenvalue weighted by molar-refractivity contribution is 5.48. The summed E-state index contributed by atoms with van der Waals surface area (Å²) in [5, 5.41) is 21.7. The van der Waals surface area contributed by atoms with Crippen LogP contribution < -0.4 is 10.3 Å². The van der Waals surface area contributed by atoms with Crippen LogP contribution in [0.3, 0.4) is 0 Å². The molecule has 0 radical (unpaired) electrons. The maximum atomic E-state index is 12.2. The van der Waals surface area contributed by atoms with E-state index in [1.165, 1.54) is 28.8 Å². The fourth-order valence-electron chi connectivity index (χ4n) is 2.84. The monoisotopic (exact) mass is 316 g/mol. The van der Waals surface area contributed by atoms with E-state index in [9.17, 15) is 20.0 Å². The summed E-state index contributed by atoms with van der Waals surface area (Å²) in [6.45, 7) is 3.42. The van der Waals surface area contributed by atoms with Crippen LogP contribution in [0, 0.1) is 10.1 Å². The first-order valence-electron chi connectivity index (χ1n) is 7.14. The molecule has 1 aliphatic heterocycles. The molecule has 7 nitrogen and oxygen atoms in total. The molecule has 2 aromatic rings. The van der Waals surface area contributed by atoms with E-state index in [0.29, 0.717) is 11.3 Å². The number of pyridine rings is 1. The Balaban J connectivity index is 2.25. The number of nitro groups is 1. The number of rotatable bonds is 2. The lowest BCUT2D eigenvalue weighted by Crippen LogP contribution is -2.52. The van der Waals surface area contributed by atoms with Crippen molar-refractivity contribution >= 4 is 5.69 Å². The number of fused-ring (bicyclic) bond motifs is 1. The minimum atomic E-state index is -1.04. The number of nitro benzene ring substituents is 1. The molecule has 2 atom stereocenters. The summed E-state index contributed by atoms with van der Waals surface area (Å²) in [6.07, 6.45) is 0.511. The number of benzene rings is 1. The molecule has 0 amide bonds. The van der Waals surface area contributed by atoms with Gasteiger partial charge in [0, 0.05) is 30.0 Å². The Bertz CT molecular complexity index is 827. The molecule has 1 aromatic heterocycles. The van der Waals surface area contributed by atoms with Gasteiger partial charge in [-0.3, -0.25) is 14.9 Å². The van der Waals surface area contributed by atoms with Crippen molar-refractivity contribution in [2.75, 3.05) is 0 Å². The zero-order chi connectivity index (χ0) is 16.8. The summed E-state index contributed by atoms with van der Waals surface area (Å²) in [5.74, 6) is 0.423. The van der Waals surface area contributed by atoms with Crippen LogP contribution in [0.5, 0.6) is 5.75 Å². The van der Waals surface area contributed by atoms with Gasteiger partial charge in [0.2, 0.25) is 0 Å². The highest BCUT2D eigenvalue weighted by Crippen LogP contribution is 2.42. The highest BCUT2D eigenvalue weighted by atomic mass is 16.6. The minimum Gasteiger partial charge on any atom is -0.485 e. The number of non-ortho nitro benzene ring substituents is 1. The van der Waals surface area contributed by atoms with Gasteiger partial charge in [-0.15, -0.1) is 0 Å².